The Morgan fingerprint density at radius 3 is 2.88 bits per heavy atom. The van der Waals surface area contributed by atoms with Crippen LogP contribution in [0.1, 0.15) is 39.4 Å². The van der Waals surface area contributed by atoms with Gasteiger partial charge in [-0.1, -0.05) is 0 Å². The van der Waals surface area contributed by atoms with Crippen molar-refractivity contribution in [3.05, 3.63) is 21.4 Å². The van der Waals surface area contributed by atoms with Crippen LogP contribution in [0.25, 0.3) is 0 Å². The lowest BCUT2D eigenvalue weighted by Crippen LogP contribution is -2.36. The number of carbonyl (C=O) groups excluding carboxylic acids is 1. The van der Waals surface area contributed by atoms with Crippen molar-refractivity contribution in [1.82, 2.24) is 5.32 Å². The van der Waals surface area contributed by atoms with Gasteiger partial charge in [0.15, 0.2) is 0 Å². The maximum Gasteiger partial charge on any atom is 0.261 e. The summed E-state index contributed by atoms with van der Waals surface area (Å²) in [5.74, 6) is -0.0422. The molecule has 17 heavy (non-hydrogen) atoms. The first-order valence-corrected chi connectivity index (χ1v) is 6.71. The number of thiophene rings is 1. The van der Waals surface area contributed by atoms with Gasteiger partial charge in [-0.2, -0.15) is 5.26 Å². The molecule has 0 bridgehead atoms. The van der Waals surface area contributed by atoms with E-state index >= 15 is 0 Å². The van der Waals surface area contributed by atoms with Crippen molar-refractivity contribution in [3.8, 4) is 6.07 Å². The number of hydrogen-bond donors (Lipinski definition) is 1. The summed E-state index contributed by atoms with van der Waals surface area (Å²) < 4.78 is 0. The maximum absolute atomic E-state index is 12.0. The minimum Gasteiger partial charge on any atom is -0.347 e. The third-order valence-electron chi connectivity index (χ3n) is 3.39. The van der Waals surface area contributed by atoms with Crippen LogP contribution in [0, 0.1) is 31.1 Å². The van der Waals surface area contributed by atoms with Gasteiger partial charge < -0.3 is 5.32 Å². The summed E-state index contributed by atoms with van der Waals surface area (Å²) in [5.41, 5.74) is 1.16. The SMILES string of the molecule is Cc1cc(C(=O)NC2CCCC2C#N)sc1C. The van der Waals surface area contributed by atoms with Gasteiger partial charge in [0.2, 0.25) is 0 Å². The van der Waals surface area contributed by atoms with Crippen molar-refractivity contribution >= 4 is 17.2 Å². The molecule has 90 valence electrons. The first kappa shape index (κ1) is 12.1. The number of nitrogens with one attached hydrogen (secondary N) is 1. The summed E-state index contributed by atoms with van der Waals surface area (Å²) in [6.45, 7) is 4.03. The van der Waals surface area contributed by atoms with Crippen LogP contribution >= 0.6 is 11.3 Å². The highest BCUT2D eigenvalue weighted by molar-refractivity contribution is 7.14. The van der Waals surface area contributed by atoms with E-state index in [4.69, 9.17) is 5.26 Å². The van der Waals surface area contributed by atoms with Crippen molar-refractivity contribution in [3.63, 3.8) is 0 Å². The molecule has 0 saturated heterocycles. The van der Waals surface area contributed by atoms with E-state index in [1.165, 1.54) is 16.2 Å². The van der Waals surface area contributed by atoms with Gasteiger partial charge in [0.05, 0.1) is 16.9 Å². The molecule has 1 aromatic rings. The summed E-state index contributed by atoms with van der Waals surface area (Å²) in [4.78, 5) is 13.9. The second kappa shape index (κ2) is 4.89. The van der Waals surface area contributed by atoms with Crippen molar-refractivity contribution < 1.29 is 4.79 Å². The molecular formula is C13H16N2OS. The summed E-state index contributed by atoms with van der Waals surface area (Å²) in [6, 6.07) is 4.24. The van der Waals surface area contributed by atoms with Crippen LogP contribution in [0.3, 0.4) is 0 Å². The molecule has 0 aromatic carbocycles. The first-order valence-electron chi connectivity index (χ1n) is 5.89. The van der Waals surface area contributed by atoms with Crippen molar-refractivity contribution in [2.45, 2.75) is 39.2 Å². The predicted molar refractivity (Wildman–Crippen MR) is 68.0 cm³/mol. The molecule has 1 aliphatic rings. The Hall–Kier alpha value is -1.34. The van der Waals surface area contributed by atoms with Crippen LogP contribution in [0.5, 0.6) is 0 Å². The number of amides is 1. The Labute approximate surface area is 105 Å². The van der Waals surface area contributed by atoms with Crippen molar-refractivity contribution in [1.29, 1.82) is 5.26 Å². The fourth-order valence-electron chi connectivity index (χ4n) is 2.21. The Morgan fingerprint density at radius 1 is 1.53 bits per heavy atom. The van der Waals surface area contributed by atoms with Crippen LogP contribution < -0.4 is 5.32 Å². The second-order valence-corrected chi connectivity index (χ2v) is 5.85. The number of nitriles is 1. The average molecular weight is 248 g/mol. The first-order chi connectivity index (χ1) is 8.11. The Kier molecular flexibility index (Phi) is 3.49. The van der Waals surface area contributed by atoms with Gasteiger partial charge in [0, 0.05) is 10.9 Å². The van der Waals surface area contributed by atoms with Crippen LogP contribution in [0.2, 0.25) is 0 Å². The normalized spacial score (nSPS) is 23.4. The Bertz CT molecular complexity index is 453. The van der Waals surface area contributed by atoms with E-state index in [1.807, 2.05) is 19.9 Å². The highest BCUT2D eigenvalue weighted by Crippen LogP contribution is 2.26. The second-order valence-electron chi connectivity index (χ2n) is 4.60. The van der Waals surface area contributed by atoms with Crippen LogP contribution in [0.4, 0.5) is 0 Å². The van der Waals surface area contributed by atoms with E-state index in [1.54, 1.807) is 0 Å². The molecule has 1 amide bonds. The van der Waals surface area contributed by atoms with Crippen LogP contribution in [-0.2, 0) is 0 Å². The molecule has 3 nitrogen and oxygen atoms in total. The molecule has 2 unspecified atom stereocenters. The monoisotopic (exact) mass is 248 g/mol. The molecule has 0 radical (unpaired) electrons. The molecule has 1 saturated carbocycles. The van der Waals surface area contributed by atoms with Crippen LogP contribution in [0.15, 0.2) is 6.07 Å². The van der Waals surface area contributed by atoms with Crippen molar-refractivity contribution in [2.24, 2.45) is 5.92 Å². The molecule has 0 spiro atoms. The topological polar surface area (TPSA) is 52.9 Å². The molecule has 2 rings (SSSR count). The third-order valence-corrected chi connectivity index (χ3v) is 4.54. The summed E-state index contributed by atoms with van der Waals surface area (Å²) in [7, 11) is 0. The van der Waals surface area contributed by atoms with Gasteiger partial charge in [-0.05, 0) is 44.7 Å². The smallest absolute Gasteiger partial charge is 0.261 e. The molecule has 0 aliphatic heterocycles. The Morgan fingerprint density at radius 2 is 2.29 bits per heavy atom. The van der Waals surface area contributed by atoms with Gasteiger partial charge in [0.1, 0.15) is 0 Å². The highest BCUT2D eigenvalue weighted by atomic mass is 32.1. The van der Waals surface area contributed by atoms with Gasteiger partial charge in [-0.3, -0.25) is 4.79 Å². The average Bonchev–Trinajstić information content (AvgIpc) is 2.86. The van der Waals surface area contributed by atoms with Gasteiger partial charge >= 0.3 is 0 Å². The summed E-state index contributed by atoms with van der Waals surface area (Å²) >= 11 is 1.52. The molecule has 1 aromatic heterocycles. The highest BCUT2D eigenvalue weighted by Gasteiger charge is 2.28. The molecule has 1 fully saturated rings. The Balaban J connectivity index is 2.04. The largest absolute Gasteiger partial charge is 0.347 e. The maximum atomic E-state index is 12.0. The van der Waals surface area contributed by atoms with E-state index in [2.05, 4.69) is 11.4 Å². The van der Waals surface area contributed by atoms with E-state index in [0.29, 0.717) is 0 Å². The van der Waals surface area contributed by atoms with E-state index in [-0.39, 0.29) is 17.9 Å². The van der Waals surface area contributed by atoms with Gasteiger partial charge in [-0.15, -0.1) is 11.3 Å². The van der Waals surface area contributed by atoms with Crippen molar-refractivity contribution in [2.75, 3.05) is 0 Å². The lowest BCUT2D eigenvalue weighted by atomic mass is 10.1. The predicted octanol–water partition coefficient (Wildman–Crippen LogP) is 2.79. The van der Waals surface area contributed by atoms with Gasteiger partial charge in [-0.25, -0.2) is 0 Å². The minimum absolute atomic E-state index is 0.0129. The third kappa shape index (κ3) is 2.50. The standard InChI is InChI=1S/C13H16N2OS/c1-8-6-12(17-9(8)2)13(16)15-11-5-3-4-10(11)7-14/h6,10-11H,3-5H2,1-2H3,(H,15,16). The molecule has 1 heterocycles. The molecule has 4 heteroatoms. The lowest BCUT2D eigenvalue weighted by Gasteiger charge is -2.14. The number of hydrogen-bond acceptors (Lipinski definition) is 3. The molecular weight excluding hydrogens is 232 g/mol. The summed E-state index contributed by atoms with van der Waals surface area (Å²) in [5, 5.41) is 12.0. The van der Waals surface area contributed by atoms with E-state index in [0.717, 1.165) is 29.7 Å². The zero-order valence-corrected chi connectivity index (χ0v) is 10.9. The number of carbonyl (C=O) groups is 1. The number of rotatable bonds is 2. The quantitative estimate of drug-likeness (QED) is 0.875. The zero-order chi connectivity index (χ0) is 12.4. The van der Waals surface area contributed by atoms with Crippen LogP contribution in [-0.4, -0.2) is 11.9 Å². The lowest BCUT2D eigenvalue weighted by molar-refractivity contribution is 0.0937. The fourth-order valence-corrected chi connectivity index (χ4v) is 3.15. The molecule has 2 atom stereocenters. The van der Waals surface area contributed by atoms with E-state index in [9.17, 15) is 4.79 Å². The minimum atomic E-state index is -0.0293. The summed E-state index contributed by atoms with van der Waals surface area (Å²) in [6.07, 6.45) is 2.86. The fraction of sp³-hybridized carbons (Fsp3) is 0.538. The van der Waals surface area contributed by atoms with E-state index < -0.39 is 0 Å². The zero-order valence-electron chi connectivity index (χ0n) is 10.1. The molecule has 1 aliphatic carbocycles. The molecule has 1 N–H and O–H groups in total. The number of aryl methyl sites for hydroxylation is 2. The number of nitrogens with zero attached hydrogens (tertiary/aromatic N) is 1. The van der Waals surface area contributed by atoms with Gasteiger partial charge in [0.25, 0.3) is 5.91 Å².